The Morgan fingerprint density at radius 1 is 0.808 bits per heavy atom. The van der Waals surface area contributed by atoms with Gasteiger partial charge >= 0.3 is 0 Å². The van der Waals surface area contributed by atoms with E-state index in [-0.39, 0.29) is 17.2 Å². The maximum Gasteiger partial charge on any atom is 0.262 e. The largest absolute Gasteiger partial charge is 0.270 e. The number of benzene rings is 3. The molecule has 4 rings (SSSR count). The molecule has 1 aliphatic heterocycles. The lowest BCUT2D eigenvalue weighted by Crippen LogP contribution is -2.29. The monoisotopic (exact) mass is 343 g/mol. The van der Waals surface area contributed by atoms with Crippen molar-refractivity contribution in [2.45, 2.75) is 32.7 Å². The molecule has 2 amide bonds. The highest BCUT2D eigenvalue weighted by Crippen LogP contribution is 2.31. The van der Waals surface area contributed by atoms with Gasteiger partial charge in [-0.2, -0.15) is 0 Å². The average molecular weight is 343 g/mol. The molecular weight excluding hydrogens is 322 g/mol. The first-order chi connectivity index (χ1) is 12.4. The molecule has 0 unspecified atom stereocenters. The summed E-state index contributed by atoms with van der Waals surface area (Å²) in [6.07, 6.45) is 0. The maximum atomic E-state index is 13.0. The van der Waals surface area contributed by atoms with Crippen molar-refractivity contribution in [3.63, 3.8) is 0 Å². The topological polar surface area (TPSA) is 37.4 Å². The van der Waals surface area contributed by atoms with E-state index in [1.165, 1.54) is 10.5 Å². The van der Waals surface area contributed by atoms with Gasteiger partial charge in [-0.05, 0) is 33.4 Å². The molecule has 3 heteroatoms. The second-order valence-electron chi connectivity index (χ2n) is 7.85. The summed E-state index contributed by atoms with van der Waals surface area (Å²) in [6.45, 7) is 6.79. The number of carbonyl (C=O) groups is 2. The summed E-state index contributed by atoms with van der Waals surface area (Å²) < 4.78 is 0. The Morgan fingerprint density at radius 2 is 1.50 bits per heavy atom. The third-order valence-electron chi connectivity index (χ3n) is 5.02. The van der Waals surface area contributed by atoms with E-state index in [1.54, 1.807) is 6.07 Å². The van der Waals surface area contributed by atoms with Crippen molar-refractivity contribution in [3.8, 4) is 0 Å². The van der Waals surface area contributed by atoms with Gasteiger partial charge in [0.15, 0.2) is 0 Å². The van der Waals surface area contributed by atoms with E-state index in [2.05, 4.69) is 32.9 Å². The molecule has 0 spiro atoms. The molecule has 3 aromatic rings. The molecule has 0 fully saturated rings. The highest BCUT2D eigenvalue weighted by Gasteiger charge is 2.36. The van der Waals surface area contributed by atoms with Gasteiger partial charge in [0.25, 0.3) is 11.8 Å². The molecule has 3 nitrogen and oxygen atoms in total. The zero-order valence-electron chi connectivity index (χ0n) is 15.2. The smallest absolute Gasteiger partial charge is 0.262 e. The molecule has 0 saturated heterocycles. The van der Waals surface area contributed by atoms with E-state index in [1.807, 2.05) is 42.5 Å². The Bertz CT molecular complexity index is 1030. The van der Waals surface area contributed by atoms with E-state index >= 15 is 0 Å². The number of hydrogen-bond donors (Lipinski definition) is 0. The summed E-state index contributed by atoms with van der Waals surface area (Å²) in [6, 6.07) is 19.5. The van der Waals surface area contributed by atoms with Crippen molar-refractivity contribution < 1.29 is 9.59 Å². The molecule has 0 bridgehead atoms. The maximum absolute atomic E-state index is 13.0. The van der Waals surface area contributed by atoms with Gasteiger partial charge in [-0.15, -0.1) is 0 Å². The number of amides is 2. The van der Waals surface area contributed by atoms with Crippen LogP contribution in [0.25, 0.3) is 10.8 Å². The first-order valence-electron chi connectivity index (χ1n) is 8.83. The minimum atomic E-state index is -0.212. The van der Waals surface area contributed by atoms with Gasteiger partial charge in [-0.3, -0.25) is 14.5 Å². The average Bonchev–Trinajstić information content (AvgIpc) is 2.86. The molecule has 0 N–H and O–H groups in total. The van der Waals surface area contributed by atoms with E-state index in [0.29, 0.717) is 17.7 Å². The van der Waals surface area contributed by atoms with Gasteiger partial charge in [0.05, 0.1) is 17.7 Å². The fourth-order valence-electron chi connectivity index (χ4n) is 3.49. The Kier molecular flexibility index (Phi) is 3.69. The molecule has 130 valence electrons. The Balaban J connectivity index is 1.67. The molecule has 0 radical (unpaired) electrons. The molecule has 1 aliphatic rings. The van der Waals surface area contributed by atoms with Crippen LogP contribution in [-0.2, 0) is 12.0 Å². The van der Waals surface area contributed by atoms with Crippen molar-refractivity contribution in [2.24, 2.45) is 0 Å². The summed E-state index contributed by atoms with van der Waals surface area (Å²) in [4.78, 5) is 27.1. The highest BCUT2D eigenvalue weighted by atomic mass is 16.2. The fourth-order valence-corrected chi connectivity index (χ4v) is 3.49. The molecule has 0 saturated carbocycles. The van der Waals surface area contributed by atoms with Crippen LogP contribution >= 0.6 is 0 Å². The summed E-state index contributed by atoms with van der Waals surface area (Å²) in [5.41, 5.74) is 3.29. The lowest BCUT2D eigenvalue weighted by Gasteiger charge is -2.20. The van der Waals surface area contributed by atoms with Crippen LogP contribution < -0.4 is 0 Å². The predicted molar refractivity (Wildman–Crippen MR) is 103 cm³/mol. The minimum absolute atomic E-state index is 0.0764. The zero-order valence-corrected chi connectivity index (χ0v) is 15.2. The lowest BCUT2D eigenvalue weighted by molar-refractivity contribution is 0.0643. The van der Waals surface area contributed by atoms with Gasteiger partial charge in [-0.1, -0.05) is 75.4 Å². The second kappa shape index (κ2) is 5.80. The van der Waals surface area contributed by atoms with Crippen LogP contribution in [0.2, 0.25) is 0 Å². The lowest BCUT2D eigenvalue weighted by atomic mass is 9.87. The van der Waals surface area contributed by atoms with Gasteiger partial charge in [0, 0.05) is 0 Å². The summed E-state index contributed by atoms with van der Waals surface area (Å²) >= 11 is 0. The molecule has 3 aromatic carbocycles. The van der Waals surface area contributed by atoms with Gasteiger partial charge < -0.3 is 0 Å². The summed E-state index contributed by atoms with van der Waals surface area (Å²) in [7, 11) is 0. The first kappa shape index (κ1) is 16.5. The molecule has 1 heterocycles. The summed E-state index contributed by atoms with van der Waals surface area (Å²) in [5, 5.41) is 1.82. The Morgan fingerprint density at radius 3 is 2.19 bits per heavy atom. The number of fused-ring (bicyclic) bond motifs is 3. The summed E-state index contributed by atoms with van der Waals surface area (Å²) in [5.74, 6) is -0.419. The van der Waals surface area contributed by atoms with Crippen molar-refractivity contribution >= 4 is 22.6 Å². The number of rotatable bonds is 2. The van der Waals surface area contributed by atoms with Crippen molar-refractivity contribution in [1.82, 2.24) is 4.90 Å². The molecule has 26 heavy (non-hydrogen) atoms. The van der Waals surface area contributed by atoms with Crippen molar-refractivity contribution in [2.75, 3.05) is 0 Å². The van der Waals surface area contributed by atoms with Crippen LogP contribution in [0.4, 0.5) is 0 Å². The van der Waals surface area contributed by atoms with E-state index in [9.17, 15) is 9.59 Å². The van der Waals surface area contributed by atoms with Gasteiger partial charge in [-0.25, -0.2) is 0 Å². The van der Waals surface area contributed by atoms with Crippen LogP contribution in [0.3, 0.4) is 0 Å². The minimum Gasteiger partial charge on any atom is -0.270 e. The third kappa shape index (κ3) is 2.60. The van der Waals surface area contributed by atoms with E-state index < -0.39 is 0 Å². The zero-order chi connectivity index (χ0) is 18.5. The number of nitrogens with zero attached hydrogens (tertiary/aromatic N) is 1. The normalized spacial score (nSPS) is 14.2. The quantitative estimate of drug-likeness (QED) is 0.619. The molecule has 0 aliphatic carbocycles. The Hall–Kier alpha value is -2.94. The van der Waals surface area contributed by atoms with Crippen molar-refractivity contribution in [1.29, 1.82) is 0 Å². The first-order valence-corrected chi connectivity index (χ1v) is 8.83. The molecule has 0 atom stereocenters. The predicted octanol–water partition coefficient (Wildman–Crippen LogP) is 4.93. The van der Waals surface area contributed by atoms with E-state index in [0.717, 1.165) is 16.3 Å². The number of carbonyl (C=O) groups excluding carboxylic acids is 2. The molecule has 0 aromatic heterocycles. The fraction of sp³-hybridized carbons (Fsp3) is 0.217. The second-order valence-corrected chi connectivity index (χ2v) is 7.85. The van der Waals surface area contributed by atoms with Crippen LogP contribution in [-0.4, -0.2) is 16.7 Å². The SMILES string of the molecule is CC(C)(C)c1ccc(CN2C(=O)c3ccc4ccccc4c3C2=O)cc1. The van der Waals surface area contributed by atoms with E-state index in [4.69, 9.17) is 0 Å². The number of hydrogen-bond acceptors (Lipinski definition) is 2. The standard InChI is InChI=1S/C23H21NO2/c1-23(2,3)17-11-8-15(9-12-17)14-24-21(25)19-13-10-16-6-4-5-7-18(16)20(19)22(24)26/h4-13H,14H2,1-3H3. The third-order valence-corrected chi connectivity index (χ3v) is 5.02. The van der Waals surface area contributed by atoms with Gasteiger partial charge in [0.2, 0.25) is 0 Å². The molecular formula is C23H21NO2. The van der Waals surface area contributed by atoms with Crippen LogP contribution in [0.5, 0.6) is 0 Å². The van der Waals surface area contributed by atoms with Crippen LogP contribution in [0.15, 0.2) is 60.7 Å². The number of imide groups is 1. The highest BCUT2D eigenvalue weighted by molar-refractivity contribution is 6.26. The van der Waals surface area contributed by atoms with Crippen LogP contribution in [0, 0.1) is 0 Å². The van der Waals surface area contributed by atoms with Crippen LogP contribution in [0.1, 0.15) is 52.6 Å². The Labute approximate surface area is 153 Å². The van der Waals surface area contributed by atoms with Gasteiger partial charge in [0.1, 0.15) is 0 Å². The van der Waals surface area contributed by atoms with Crippen molar-refractivity contribution in [3.05, 3.63) is 82.9 Å².